The second-order valence-corrected chi connectivity index (χ2v) is 6.48. The first-order valence-electron chi connectivity index (χ1n) is 7.37. The van der Waals surface area contributed by atoms with Crippen LogP contribution in [0, 0.1) is 0 Å². The zero-order chi connectivity index (χ0) is 15.2. The molecule has 0 radical (unpaired) electrons. The van der Waals surface area contributed by atoms with Gasteiger partial charge in [-0.1, -0.05) is 24.3 Å². The van der Waals surface area contributed by atoms with Crippen molar-refractivity contribution >= 4 is 42.4 Å². The molecule has 4 heteroatoms. The Bertz CT molecular complexity index is 1180. The minimum absolute atomic E-state index is 0.901. The number of hydrogen-bond acceptors (Lipinski definition) is 4. The van der Waals surface area contributed by atoms with Crippen molar-refractivity contribution in [2.75, 3.05) is 0 Å². The largest absolute Gasteiger partial charge is 0.264 e. The van der Waals surface area contributed by atoms with Gasteiger partial charge in [0.05, 0.1) is 16.9 Å². The highest BCUT2D eigenvalue weighted by molar-refractivity contribution is 7.25. The van der Waals surface area contributed by atoms with E-state index in [0.29, 0.717) is 0 Å². The molecular formula is C19H11N3S. The van der Waals surface area contributed by atoms with Gasteiger partial charge >= 0.3 is 0 Å². The maximum Gasteiger partial charge on any atom is 0.0979 e. The maximum absolute atomic E-state index is 4.80. The monoisotopic (exact) mass is 313 g/mol. The summed E-state index contributed by atoms with van der Waals surface area (Å²) in [5, 5.41) is 3.43. The maximum atomic E-state index is 4.80. The molecule has 0 saturated carbocycles. The van der Waals surface area contributed by atoms with Crippen molar-refractivity contribution in [3.05, 3.63) is 67.1 Å². The lowest BCUT2D eigenvalue weighted by molar-refractivity contribution is 1.30. The average Bonchev–Trinajstić information content (AvgIpc) is 3.00. The molecule has 4 heterocycles. The van der Waals surface area contributed by atoms with E-state index in [2.05, 4.69) is 34.2 Å². The molecule has 5 rings (SSSR count). The summed E-state index contributed by atoms with van der Waals surface area (Å²) in [6.07, 6.45) is 5.61. The van der Waals surface area contributed by atoms with E-state index in [1.54, 1.807) is 11.3 Å². The third-order valence-corrected chi connectivity index (χ3v) is 5.16. The average molecular weight is 313 g/mol. The van der Waals surface area contributed by atoms with Crippen LogP contribution in [-0.2, 0) is 0 Å². The van der Waals surface area contributed by atoms with Crippen molar-refractivity contribution in [1.29, 1.82) is 0 Å². The molecule has 0 amide bonds. The zero-order valence-corrected chi connectivity index (χ0v) is 12.9. The van der Waals surface area contributed by atoms with Crippen molar-refractivity contribution in [2.45, 2.75) is 0 Å². The lowest BCUT2D eigenvalue weighted by Crippen LogP contribution is -1.89. The van der Waals surface area contributed by atoms with Crippen molar-refractivity contribution < 1.29 is 0 Å². The molecule has 1 aromatic carbocycles. The molecule has 0 N–H and O–H groups in total. The summed E-state index contributed by atoms with van der Waals surface area (Å²) in [7, 11) is 0. The van der Waals surface area contributed by atoms with Crippen molar-refractivity contribution in [2.24, 2.45) is 0 Å². The van der Waals surface area contributed by atoms with E-state index < -0.39 is 0 Å². The van der Waals surface area contributed by atoms with Crippen LogP contribution >= 0.6 is 11.3 Å². The SMILES string of the molecule is c1ccc2nc(-c3nccc4sc5ccncc5c34)ccc2c1. The Balaban J connectivity index is 1.87. The van der Waals surface area contributed by atoms with Crippen LogP contribution < -0.4 is 0 Å². The summed E-state index contributed by atoms with van der Waals surface area (Å²) < 4.78 is 2.44. The Morgan fingerprint density at radius 3 is 2.74 bits per heavy atom. The number of hydrogen-bond donors (Lipinski definition) is 0. The summed E-state index contributed by atoms with van der Waals surface area (Å²) in [5.41, 5.74) is 2.81. The van der Waals surface area contributed by atoms with Crippen molar-refractivity contribution in [3.63, 3.8) is 0 Å². The number of pyridine rings is 3. The fourth-order valence-electron chi connectivity index (χ4n) is 2.96. The highest BCUT2D eigenvalue weighted by Crippen LogP contribution is 2.37. The second-order valence-electron chi connectivity index (χ2n) is 5.40. The minimum Gasteiger partial charge on any atom is -0.264 e. The standard InChI is InChI=1S/C19H11N3S/c1-2-4-14-12(3-1)5-6-15(22-14)19-18-13-11-20-9-7-16(13)23-17(18)8-10-21-19/h1-11H. The van der Waals surface area contributed by atoms with Gasteiger partial charge in [-0.3, -0.25) is 9.97 Å². The molecule has 0 spiro atoms. The van der Waals surface area contributed by atoms with Gasteiger partial charge in [-0.05, 0) is 24.3 Å². The number of rotatable bonds is 1. The molecule has 108 valence electrons. The summed E-state index contributed by atoms with van der Waals surface area (Å²) in [5.74, 6) is 0. The van der Waals surface area contributed by atoms with E-state index in [0.717, 1.165) is 33.1 Å². The number of benzene rings is 1. The molecule has 0 unspecified atom stereocenters. The van der Waals surface area contributed by atoms with E-state index in [1.165, 1.54) is 9.40 Å². The normalized spacial score (nSPS) is 11.5. The smallest absolute Gasteiger partial charge is 0.0979 e. The molecule has 0 bridgehead atoms. The highest BCUT2D eigenvalue weighted by atomic mass is 32.1. The van der Waals surface area contributed by atoms with E-state index >= 15 is 0 Å². The van der Waals surface area contributed by atoms with Crippen molar-refractivity contribution in [1.82, 2.24) is 15.0 Å². The van der Waals surface area contributed by atoms with Gasteiger partial charge < -0.3 is 0 Å². The van der Waals surface area contributed by atoms with Crippen LogP contribution in [0.4, 0.5) is 0 Å². The number of nitrogens with zero attached hydrogens (tertiary/aromatic N) is 3. The van der Waals surface area contributed by atoms with Gasteiger partial charge in [0.25, 0.3) is 0 Å². The molecule has 4 aromatic heterocycles. The fraction of sp³-hybridized carbons (Fsp3) is 0. The molecule has 0 aliphatic carbocycles. The van der Waals surface area contributed by atoms with Gasteiger partial charge in [0.2, 0.25) is 0 Å². The minimum atomic E-state index is 0.901. The first-order valence-corrected chi connectivity index (χ1v) is 8.19. The number of fused-ring (bicyclic) bond motifs is 4. The van der Waals surface area contributed by atoms with Gasteiger partial charge in [-0.2, -0.15) is 0 Å². The molecular weight excluding hydrogens is 302 g/mol. The zero-order valence-electron chi connectivity index (χ0n) is 12.1. The molecule has 0 saturated heterocycles. The summed E-state index contributed by atoms with van der Waals surface area (Å²) in [4.78, 5) is 13.7. The predicted octanol–water partition coefficient (Wildman–Crippen LogP) is 5.06. The Morgan fingerprint density at radius 2 is 1.74 bits per heavy atom. The second kappa shape index (κ2) is 4.83. The number of thiophene rings is 1. The molecule has 0 aliphatic rings. The molecule has 3 nitrogen and oxygen atoms in total. The Kier molecular flexibility index (Phi) is 2.66. The van der Waals surface area contributed by atoms with Gasteiger partial charge in [0, 0.05) is 44.1 Å². The van der Waals surface area contributed by atoms with Crippen LogP contribution in [0.1, 0.15) is 0 Å². The van der Waals surface area contributed by atoms with Gasteiger partial charge in [0.1, 0.15) is 0 Å². The Labute approximate surface area is 136 Å². The van der Waals surface area contributed by atoms with Crippen LogP contribution in [-0.4, -0.2) is 15.0 Å². The van der Waals surface area contributed by atoms with E-state index in [-0.39, 0.29) is 0 Å². The quantitative estimate of drug-likeness (QED) is 0.434. The molecule has 0 fully saturated rings. The Hall–Kier alpha value is -2.85. The van der Waals surface area contributed by atoms with Crippen LogP contribution in [0.25, 0.3) is 42.5 Å². The number of aromatic nitrogens is 3. The first-order chi connectivity index (χ1) is 11.4. The molecule has 0 atom stereocenters. The van der Waals surface area contributed by atoms with E-state index in [4.69, 9.17) is 4.98 Å². The van der Waals surface area contributed by atoms with Crippen LogP contribution in [0.3, 0.4) is 0 Å². The number of para-hydroxylation sites is 1. The van der Waals surface area contributed by atoms with E-state index in [1.807, 2.05) is 42.9 Å². The lowest BCUT2D eigenvalue weighted by Gasteiger charge is -2.04. The van der Waals surface area contributed by atoms with Gasteiger partial charge in [-0.25, -0.2) is 4.98 Å². The van der Waals surface area contributed by atoms with Gasteiger partial charge in [0.15, 0.2) is 0 Å². The lowest BCUT2D eigenvalue weighted by atomic mass is 10.1. The van der Waals surface area contributed by atoms with E-state index in [9.17, 15) is 0 Å². The van der Waals surface area contributed by atoms with Crippen molar-refractivity contribution in [3.8, 4) is 11.4 Å². The molecule has 5 aromatic rings. The first kappa shape index (κ1) is 12.7. The molecule has 0 aliphatic heterocycles. The summed E-state index contributed by atoms with van der Waals surface area (Å²) >= 11 is 1.77. The summed E-state index contributed by atoms with van der Waals surface area (Å²) in [6, 6.07) is 16.4. The third kappa shape index (κ3) is 1.92. The highest BCUT2D eigenvalue weighted by Gasteiger charge is 2.13. The van der Waals surface area contributed by atoms with Crippen LogP contribution in [0.5, 0.6) is 0 Å². The van der Waals surface area contributed by atoms with Crippen LogP contribution in [0.2, 0.25) is 0 Å². The fourth-order valence-corrected chi connectivity index (χ4v) is 4.03. The third-order valence-electron chi connectivity index (χ3n) is 4.02. The van der Waals surface area contributed by atoms with Crippen LogP contribution in [0.15, 0.2) is 67.1 Å². The predicted molar refractivity (Wildman–Crippen MR) is 95.7 cm³/mol. The summed E-state index contributed by atoms with van der Waals surface area (Å²) in [6.45, 7) is 0. The Morgan fingerprint density at radius 1 is 0.826 bits per heavy atom. The van der Waals surface area contributed by atoms with Gasteiger partial charge in [-0.15, -0.1) is 11.3 Å². The topological polar surface area (TPSA) is 38.7 Å². The molecule has 23 heavy (non-hydrogen) atoms.